The van der Waals surface area contributed by atoms with Crippen LogP contribution in [0.15, 0.2) is 24.3 Å². The Morgan fingerprint density at radius 3 is 2.40 bits per heavy atom. The fourth-order valence-corrected chi connectivity index (χ4v) is 2.78. The number of amides is 1. The second-order valence-electron chi connectivity index (χ2n) is 7.49. The molecule has 0 aromatic heterocycles. The van der Waals surface area contributed by atoms with Gasteiger partial charge >= 0.3 is 0 Å². The fraction of sp³-hybridized carbons (Fsp3) is 0.588. The van der Waals surface area contributed by atoms with E-state index in [-0.39, 0.29) is 28.8 Å². The van der Waals surface area contributed by atoms with Crippen LogP contribution in [0.3, 0.4) is 0 Å². The molecule has 3 nitrogen and oxygen atoms in total. The maximum Gasteiger partial charge on any atom is 0.251 e. The van der Waals surface area contributed by atoms with E-state index in [1.54, 1.807) is 0 Å². The van der Waals surface area contributed by atoms with Crippen LogP contribution in [0.2, 0.25) is 0 Å². The number of hydrogen-bond donors (Lipinski definition) is 2. The van der Waals surface area contributed by atoms with Crippen LogP contribution in [0.4, 0.5) is 0 Å². The van der Waals surface area contributed by atoms with Crippen LogP contribution < -0.4 is 11.1 Å². The molecular weight excluding hydrogens is 248 g/mol. The highest BCUT2D eigenvalue weighted by Crippen LogP contribution is 2.39. The molecule has 3 heteroatoms. The Bertz CT molecular complexity index is 514. The van der Waals surface area contributed by atoms with E-state index >= 15 is 0 Å². The lowest BCUT2D eigenvalue weighted by Crippen LogP contribution is -2.64. The summed E-state index contributed by atoms with van der Waals surface area (Å²) in [6.45, 7) is 10.6. The van der Waals surface area contributed by atoms with E-state index in [1.807, 2.05) is 24.3 Å². The molecule has 1 saturated carbocycles. The first-order valence-corrected chi connectivity index (χ1v) is 7.30. The van der Waals surface area contributed by atoms with Gasteiger partial charge in [-0.3, -0.25) is 4.79 Å². The van der Waals surface area contributed by atoms with Crippen molar-refractivity contribution in [2.45, 2.75) is 58.5 Å². The zero-order valence-corrected chi connectivity index (χ0v) is 13.2. The van der Waals surface area contributed by atoms with Crippen molar-refractivity contribution in [2.75, 3.05) is 0 Å². The lowest BCUT2D eigenvalue weighted by molar-refractivity contribution is 0.0585. The summed E-state index contributed by atoms with van der Waals surface area (Å²) in [5.41, 5.74) is 7.80. The van der Waals surface area contributed by atoms with Gasteiger partial charge in [-0.25, -0.2) is 0 Å². The lowest BCUT2D eigenvalue weighted by atomic mass is 9.63. The molecule has 1 aromatic rings. The van der Waals surface area contributed by atoms with Crippen LogP contribution in [0.25, 0.3) is 0 Å². The Labute approximate surface area is 121 Å². The van der Waals surface area contributed by atoms with Crippen LogP contribution in [-0.4, -0.2) is 18.0 Å². The van der Waals surface area contributed by atoms with Crippen LogP contribution in [0.5, 0.6) is 0 Å². The summed E-state index contributed by atoms with van der Waals surface area (Å²) in [5.74, 6) is 0.0144. The van der Waals surface area contributed by atoms with Gasteiger partial charge in [0.2, 0.25) is 0 Å². The van der Waals surface area contributed by atoms with E-state index < -0.39 is 0 Å². The number of nitrogens with one attached hydrogen (secondary N) is 1. The van der Waals surface area contributed by atoms with Crippen LogP contribution in [0, 0.1) is 5.41 Å². The third-order valence-electron chi connectivity index (χ3n) is 4.63. The van der Waals surface area contributed by atoms with Crippen molar-refractivity contribution in [1.29, 1.82) is 0 Å². The smallest absolute Gasteiger partial charge is 0.251 e. The SMILES string of the molecule is CC(C)(C)c1ccccc1C(=O)NC1CC(N)C1(C)C. The molecule has 2 atom stereocenters. The largest absolute Gasteiger partial charge is 0.349 e. The summed E-state index contributed by atoms with van der Waals surface area (Å²) >= 11 is 0. The normalized spacial score (nSPS) is 24.9. The summed E-state index contributed by atoms with van der Waals surface area (Å²) in [6.07, 6.45) is 0.858. The number of nitrogens with two attached hydrogens (primary N) is 1. The monoisotopic (exact) mass is 274 g/mol. The maximum atomic E-state index is 12.6. The minimum absolute atomic E-state index is 0.0144. The molecule has 0 bridgehead atoms. The standard InChI is InChI=1S/C17H26N2O/c1-16(2,3)12-9-7-6-8-11(12)15(20)19-14-10-13(18)17(14,4)5/h6-9,13-14H,10,18H2,1-5H3,(H,19,20). The van der Waals surface area contributed by atoms with Crippen LogP contribution >= 0.6 is 0 Å². The molecule has 2 rings (SSSR count). The molecule has 1 amide bonds. The van der Waals surface area contributed by atoms with E-state index in [1.165, 1.54) is 0 Å². The van der Waals surface area contributed by atoms with Crippen molar-refractivity contribution in [2.24, 2.45) is 11.1 Å². The first-order valence-electron chi connectivity index (χ1n) is 7.30. The average molecular weight is 274 g/mol. The van der Waals surface area contributed by atoms with Crippen molar-refractivity contribution in [3.63, 3.8) is 0 Å². The van der Waals surface area contributed by atoms with Crippen molar-refractivity contribution < 1.29 is 4.79 Å². The van der Waals surface area contributed by atoms with E-state index in [9.17, 15) is 4.79 Å². The summed E-state index contributed by atoms with van der Waals surface area (Å²) in [6, 6.07) is 8.18. The van der Waals surface area contributed by atoms with Gasteiger partial charge in [0.1, 0.15) is 0 Å². The first kappa shape index (κ1) is 15.0. The van der Waals surface area contributed by atoms with Gasteiger partial charge in [0, 0.05) is 23.1 Å². The van der Waals surface area contributed by atoms with Gasteiger partial charge in [0.05, 0.1) is 0 Å². The molecule has 110 valence electrons. The zero-order valence-electron chi connectivity index (χ0n) is 13.2. The predicted octanol–water partition coefficient (Wildman–Crippen LogP) is 2.84. The molecule has 0 heterocycles. The molecule has 0 radical (unpaired) electrons. The number of rotatable bonds is 2. The van der Waals surface area contributed by atoms with E-state index in [0.717, 1.165) is 17.5 Å². The number of benzene rings is 1. The quantitative estimate of drug-likeness (QED) is 0.871. The third-order valence-corrected chi connectivity index (χ3v) is 4.63. The third kappa shape index (κ3) is 2.59. The zero-order chi connectivity index (χ0) is 15.1. The van der Waals surface area contributed by atoms with Crippen LogP contribution in [-0.2, 0) is 5.41 Å². The Hall–Kier alpha value is -1.35. The Kier molecular flexibility index (Phi) is 3.67. The number of hydrogen-bond acceptors (Lipinski definition) is 2. The Morgan fingerprint density at radius 1 is 1.30 bits per heavy atom. The second kappa shape index (κ2) is 4.88. The topological polar surface area (TPSA) is 55.1 Å². The van der Waals surface area contributed by atoms with Crippen molar-refractivity contribution in [3.05, 3.63) is 35.4 Å². The summed E-state index contributed by atoms with van der Waals surface area (Å²) < 4.78 is 0. The number of carbonyl (C=O) groups is 1. The van der Waals surface area contributed by atoms with E-state index in [0.29, 0.717) is 0 Å². The molecule has 0 aliphatic heterocycles. The summed E-state index contributed by atoms with van der Waals surface area (Å²) in [5, 5.41) is 3.15. The van der Waals surface area contributed by atoms with E-state index in [4.69, 9.17) is 5.73 Å². The molecule has 1 fully saturated rings. The lowest BCUT2D eigenvalue weighted by Gasteiger charge is -2.50. The molecule has 20 heavy (non-hydrogen) atoms. The van der Waals surface area contributed by atoms with Gasteiger partial charge < -0.3 is 11.1 Å². The highest BCUT2D eigenvalue weighted by atomic mass is 16.1. The molecule has 0 saturated heterocycles. The van der Waals surface area contributed by atoms with Gasteiger partial charge in [-0.15, -0.1) is 0 Å². The number of carbonyl (C=O) groups excluding carboxylic acids is 1. The van der Waals surface area contributed by atoms with Gasteiger partial charge in [0.15, 0.2) is 0 Å². The highest BCUT2D eigenvalue weighted by Gasteiger charge is 2.46. The Morgan fingerprint density at radius 2 is 1.90 bits per heavy atom. The molecule has 2 unspecified atom stereocenters. The van der Waals surface area contributed by atoms with Gasteiger partial charge in [0.25, 0.3) is 5.91 Å². The average Bonchev–Trinajstić information content (AvgIpc) is 2.37. The van der Waals surface area contributed by atoms with Crippen molar-refractivity contribution in [1.82, 2.24) is 5.32 Å². The maximum absolute atomic E-state index is 12.6. The molecule has 1 aliphatic carbocycles. The highest BCUT2D eigenvalue weighted by molar-refractivity contribution is 5.96. The second-order valence-corrected chi connectivity index (χ2v) is 7.49. The van der Waals surface area contributed by atoms with E-state index in [2.05, 4.69) is 39.9 Å². The predicted molar refractivity (Wildman–Crippen MR) is 82.8 cm³/mol. The minimum atomic E-state index is -0.0422. The van der Waals surface area contributed by atoms with Crippen molar-refractivity contribution in [3.8, 4) is 0 Å². The van der Waals surface area contributed by atoms with Gasteiger partial charge in [-0.05, 0) is 23.5 Å². The molecule has 1 aromatic carbocycles. The van der Waals surface area contributed by atoms with Crippen molar-refractivity contribution >= 4 is 5.91 Å². The summed E-state index contributed by atoms with van der Waals surface area (Å²) in [7, 11) is 0. The first-order chi connectivity index (χ1) is 9.14. The molecular formula is C17H26N2O. The van der Waals surface area contributed by atoms with Gasteiger partial charge in [-0.2, -0.15) is 0 Å². The van der Waals surface area contributed by atoms with Gasteiger partial charge in [-0.1, -0.05) is 52.8 Å². The molecule has 3 N–H and O–H groups in total. The fourth-order valence-electron chi connectivity index (χ4n) is 2.78. The molecule has 1 aliphatic rings. The minimum Gasteiger partial charge on any atom is -0.349 e. The summed E-state index contributed by atoms with van der Waals surface area (Å²) in [4.78, 5) is 12.6. The van der Waals surface area contributed by atoms with Crippen LogP contribution in [0.1, 0.15) is 57.0 Å². The molecule has 0 spiro atoms. The Balaban J connectivity index is 2.19.